The van der Waals surface area contributed by atoms with Gasteiger partial charge >= 0.3 is 0 Å². The molecule has 0 radical (unpaired) electrons. The van der Waals surface area contributed by atoms with Crippen molar-refractivity contribution in [2.24, 2.45) is 0 Å². The number of sulfonamides is 1. The third kappa shape index (κ3) is 5.13. The van der Waals surface area contributed by atoms with Gasteiger partial charge in [-0.3, -0.25) is 10.2 Å². The normalized spacial score (nSPS) is 11.0. The van der Waals surface area contributed by atoms with Crippen molar-refractivity contribution in [2.75, 3.05) is 13.7 Å². The van der Waals surface area contributed by atoms with Gasteiger partial charge in [-0.15, -0.1) is 4.83 Å². The molecule has 0 saturated heterocycles. The van der Waals surface area contributed by atoms with Crippen molar-refractivity contribution < 1.29 is 31.5 Å². The first-order valence-electron chi connectivity index (χ1n) is 6.84. The molecule has 0 spiro atoms. The predicted molar refractivity (Wildman–Crippen MR) is 83.3 cm³/mol. The Bertz CT molecular complexity index is 857. The van der Waals surface area contributed by atoms with Crippen LogP contribution in [0.4, 0.5) is 8.78 Å². The molecular formula is C15H14F2N2O5S. The van der Waals surface area contributed by atoms with E-state index in [4.69, 9.17) is 9.47 Å². The molecule has 7 nitrogen and oxygen atoms in total. The number of hydrogen-bond acceptors (Lipinski definition) is 5. The van der Waals surface area contributed by atoms with Gasteiger partial charge in [0.25, 0.3) is 15.9 Å². The lowest BCUT2D eigenvalue weighted by Crippen LogP contribution is -2.43. The molecule has 0 fully saturated rings. The lowest BCUT2D eigenvalue weighted by atomic mass is 10.3. The van der Waals surface area contributed by atoms with Crippen LogP contribution in [0, 0.1) is 11.6 Å². The molecule has 25 heavy (non-hydrogen) atoms. The van der Waals surface area contributed by atoms with E-state index in [1.165, 1.54) is 7.11 Å². The van der Waals surface area contributed by atoms with Gasteiger partial charge in [0.15, 0.2) is 18.2 Å². The first kappa shape index (κ1) is 18.6. The van der Waals surface area contributed by atoms with E-state index in [2.05, 4.69) is 0 Å². The standard InChI is InChI=1S/C15H14F2N2O5S/c1-23-10-2-4-11(5-3-10)24-9-15(20)18-19-25(21,22)12-6-7-13(16)14(17)8-12/h2-8,19H,9H2,1H3,(H,18,20). The molecule has 1 amide bonds. The average molecular weight is 372 g/mol. The van der Waals surface area contributed by atoms with E-state index in [1.807, 2.05) is 5.43 Å². The molecule has 0 aliphatic carbocycles. The summed E-state index contributed by atoms with van der Waals surface area (Å²) in [6.07, 6.45) is 0. The zero-order chi connectivity index (χ0) is 18.4. The van der Waals surface area contributed by atoms with Gasteiger partial charge < -0.3 is 9.47 Å². The van der Waals surface area contributed by atoms with Crippen LogP contribution in [0.3, 0.4) is 0 Å². The summed E-state index contributed by atoms with van der Waals surface area (Å²) >= 11 is 0. The Kier molecular flexibility index (Phi) is 5.88. The maximum absolute atomic E-state index is 13.1. The van der Waals surface area contributed by atoms with E-state index in [1.54, 1.807) is 29.1 Å². The summed E-state index contributed by atoms with van der Waals surface area (Å²) in [6.45, 7) is -0.466. The van der Waals surface area contributed by atoms with E-state index in [-0.39, 0.29) is 0 Å². The van der Waals surface area contributed by atoms with Gasteiger partial charge in [-0.2, -0.15) is 0 Å². The molecule has 2 aromatic carbocycles. The number of hydrazine groups is 1. The van der Waals surface area contributed by atoms with Crippen molar-refractivity contribution in [1.82, 2.24) is 10.3 Å². The molecule has 0 aromatic heterocycles. The molecular weight excluding hydrogens is 358 g/mol. The lowest BCUT2D eigenvalue weighted by Gasteiger charge is -2.10. The Morgan fingerprint density at radius 1 is 1.04 bits per heavy atom. The van der Waals surface area contributed by atoms with Crippen LogP contribution in [0.2, 0.25) is 0 Å². The molecule has 0 heterocycles. The highest BCUT2D eigenvalue weighted by Gasteiger charge is 2.17. The van der Waals surface area contributed by atoms with Crippen LogP contribution in [0.1, 0.15) is 0 Å². The van der Waals surface area contributed by atoms with E-state index in [0.717, 1.165) is 6.07 Å². The van der Waals surface area contributed by atoms with Crippen molar-refractivity contribution in [1.29, 1.82) is 0 Å². The van der Waals surface area contributed by atoms with E-state index in [0.29, 0.717) is 23.6 Å². The van der Waals surface area contributed by atoms with Gasteiger partial charge in [-0.05, 0) is 42.5 Å². The Labute approximate surface area is 142 Å². The number of benzene rings is 2. The van der Waals surface area contributed by atoms with Crippen molar-refractivity contribution in [3.05, 3.63) is 54.1 Å². The van der Waals surface area contributed by atoms with Gasteiger partial charge in [-0.25, -0.2) is 17.2 Å². The molecule has 0 atom stereocenters. The van der Waals surface area contributed by atoms with Gasteiger partial charge in [-0.1, -0.05) is 0 Å². The topological polar surface area (TPSA) is 93.7 Å². The number of hydrogen-bond donors (Lipinski definition) is 2. The zero-order valence-corrected chi connectivity index (χ0v) is 13.8. The summed E-state index contributed by atoms with van der Waals surface area (Å²) in [7, 11) is -2.74. The van der Waals surface area contributed by atoms with Crippen LogP contribution in [0.15, 0.2) is 47.4 Å². The number of nitrogens with one attached hydrogen (secondary N) is 2. The van der Waals surface area contributed by atoms with Gasteiger partial charge in [0.05, 0.1) is 12.0 Å². The number of carbonyl (C=O) groups excluding carboxylic acids is 1. The Hall–Kier alpha value is -2.72. The first-order chi connectivity index (χ1) is 11.8. The van der Waals surface area contributed by atoms with Gasteiger partial charge in [0.1, 0.15) is 11.5 Å². The molecule has 2 aromatic rings. The number of carbonyl (C=O) groups is 1. The van der Waals surface area contributed by atoms with Gasteiger partial charge in [0.2, 0.25) is 0 Å². The summed E-state index contributed by atoms with van der Waals surface area (Å²) in [4.78, 5) is 12.8. The highest BCUT2D eigenvalue weighted by atomic mass is 32.2. The molecule has 0 aliphatic rings. The summed E-state index contributed by atoms with van der Waals surface area (Å²) < 4.78 is 59.8. The highest BCUT2D eigenvalue weighted by Crippen LogP contribution is 2.17. The molecule has 0 aliphatic heterocycles. The third-order valence-corrected chi connectivity index (χ3v) is 4.20. The zero-order valence-electron chi connectivity index (χ0n) is 13.0. The van der Waals surface area contributed by atoms with Crippen molar-refractivity contribution in [3.8, 4) is 11.5 Å². The number of halogens is 2. The quantitative estimate of drug-likeness (QED) is 0.716. The summed E-state index contributed by atoms with van der Waals surface area (Å²) in [5.74, 6) is -2.31. The largest absolute Gasteiger partial charge is 0.497 e. The second-order valence-corrected chi connectivity index (χ2v) is 6.38. The molecule has 0 unspecified atom stereocenters. The minimum absolute atomic E-state index is 0.374. The SMILES string of the molecule is COc1ccc(OCC(=O)NNS(=O)(=O)c2ccc(F)c(F)c2)cc1. The van der Waals surface area contributed by atoms with E-state index < -0.39 is 39.1 Å². The minimum Gasteiger partial charge on any atom is -0.497 e. The number of methoxy groups -OCH3 is 1. The second-order valence-electron chi connectivity index (χ2n) is 4.69. The monoisotopic (exact) mass is 372 g/mol. The molecule has 2 rings (SSSR count). The average Bonchev–Trinajstić information content (AvgIpc) is 2.61. The lowest BCUT2D eigenvalue weighted by molar-refractivity contribution is -0.123. The van der Waals surface area contributed by atoms with E-state index in [9.17, 15) is 22.0 Å². The third-order valence-electron chi connectivity index (χ3n) is 2.96. The fourth-order valence-corrected chi connectivity index (χ4v) is 2.56. The number of amides is 1. The molecule has 0 bridgehead atoms. The van der Waals surface area contributed by atoms with Crippen molar-refractivity contribution >= 4 is 15.9 Å². The van der Waals surface area contributed by atoms with Crippen LogP contribution < -0.4 is 19.7 Å². The summed E-state index contributed by atoms with van der Waals surface area (Å²) in [5.41, 5.74) is 1.91. The fourth-order valence-electron chi connectivity index (χ4n) is 1.68. The number of ether oxygens (including phenoxy) is 2. The number of rotatable bonds is 7. The van der Waals surface area contributed by atoms with Crippen molar-refractivity contribution in [2.45, 2.75) is 4.90 Å². The minimum atomic E-state index is -4.25. The van der Waals surface area contributed by atoms with Crippen LogP contribution >= 0.6 is 0 Å². The fraction of sp³-hybridized carbons (Fsp3) is 0.133. The molecule has 10 heteroatoms. The van der Waals surface area contributed by atoms with Crippen LogP contribution in [0.25, 0.3) is 0 Å². The first-order valence-corrected chi connectivity index (χ1v) is 8.32. The molecule has 2 N–H and O–H groups in total. The van der Waals surface area contributed by atoms with Crippen LogP contribution in [-0.2, 0) is 14.8 Å². The van der Waals surface area contributed by atoms with Crippen LogP contribution in [0.5, 0.6) is 11.5 Å². The maximum atomic E-state index is 13.1. The highest BCUT2D eigenvalue weighted by molar-refractivity contribution is 7.89. The summed E-state index contributed by atoms with van der Waals surface area (Å²) in [6, 6.07) is 8.41. The Morgan fingerprint density at radius 2 is 1.68 bits per heavy atom. The van der Waals surface area contributed by atoms with E-state index >= 15 is 0 Å². The van der Waals surface area contributed by atoms with Crippen molar-refractivity contribution in [3.63, 3.8) is 0 Å². The van der Waals surface area contributed by atoms with Gasteiger partial charge in [0, 0.05) is 0 Å². The predicted octanol–water partition coefficient (Wildman–Crippen LogP) is 1.36. The maximum Gasteiger partial charge on any atom is 0.272 e. The Morgan fingerprint density at radius 3 is 2.28 bits per heavy atom. The summed E-state index contributed by atoms with van der Waals surface area (Å²) in [5, 5.41) is 0. The van der Waals surface area contributed by atoms with Crippen LogP contribution in [-0.4, -0.2) is 28.0 Å². The molecule has 0 saturated carbocycles. The Balaban J connectivity index is 1.88. The smallest absolute Gasteiger partial charge is 0.272 e. The molecule has 134 valence electrons. The second kappa shape index (κ2) is 7.90.